The molecule has 1 saturated heterocycles. The van der Waals surface area contributed by atoms with Crippen LogP contribution in [0.3, 0.4) is 0 Å². The molecule has 1 aliphatic heterocycles. The maximum absolute atomic E-state index is 11.8. The summed E-state index contributed by atoms with van der Waals surface area (Å²) in [4.78, 5) is 24.1. The minimum absolute atomic E-state index is 0.0801. The standard InChI is InChI=1S/C14H23ClN6O/c1-10(2)8-17-13(22)9-20-3-5-21(6-4-20)12-7-11(15)18-14(16)19-12/h7,10H,3-6,8-9H2,1-2H3,(H,17,22)(H2,16,18,19). The largest absolute Gasteiger partial charge is 0.368 e. The SMILES string of the molecule is CC(C)CNC(=O)CN1CCN(c2cc(Cl)nc(N)n2)CC1. The van der Waals surface area contributed by atoms with Crippen LogP contribution in [-0.4, -0.2) is 60.0 Å². The second kappa shape index (κ2) is 7.60. The third kappa shape index (κ3) is 4.99. The molecule has 122 valence electrons. The van der Waals surface area contributed by atoms with Gasteiger partial charge < -0.3 is 16.0 Å². The normalized spacial score (nSPS) is 16.1. The third-order valence-corrected chi connectivity index (χ3v) is 3.66. The molecule has 1 fully saturated rings. The lowest BCUT2D eigenvalue weighted by atomic mass is 10.2. The first kappa shape index (κ1) is 16.8. The van der Waals surface area contributed by atoms with Crippen LogP contribution in [-0.2, 0) is 4.79 Å². The van der Waals surface area contributed by atoms with Crippen LogP contribution in [0.5, 0.6) is 0 Å². The molecule has 22 heavy (non-hydrogen) atoms. The van der Waals surface area contributed by atoms with Crippen LogP contribution in [0.4, 0.5) is 11.8 Å². The van der Waals surface area contributed by atoms with E-state index >= 15 is 0 Å². The molecule has 0 aromatic carbocycles. The maximum Gasteiger partial charge on any atom is 0.234 e. The van der Waals surface area contributed by atoms with Crippen LogP contribution in [0.2, 0.25) is 5.15 Å². The van der Waals surface area contributed by atoms with Gasteiger partial charge in [0.25, 0.3) is 0 Å². The van der Waals surface area contributed by atoms with Crippen LogP contribution >= 0.6 is 11.6 Å². The first-order valence-electron chi connectivity index (χ1n) is 7.48. The highest BCUT2D eigenvalue weighted by Crippen LogP contribution is 2.18. The van der Waals surface area contributed by atoms with Crippen molar-refractivity contribution in [2.75, 3.05) is 49.9 Å². The minimum atomic E-state index is 0.0801. The van der Waals surface area contributed by atoms with Gasteiger partial charge in [-0.25, -0.2) is 4.98 Å². The quantitative estimate of drug-likeness (QED) is 0.771. The van der Waals surface area contributed by atoms with Crippen molar-refractivity contribution in [1.82, 2.24) is 20.2 Å². The van der Waals surface area contributed by atoms with Gasteiger partial charge in [-0.15, -0.1) is 0 Å². The number of nitrogen functional groups attached to an aromatic ring is 1. The van der Waals surface area contributed by atoms with E-state index < -0.39 is 0 Å². The van der Waals surface area contributed by atoms with Gasteiger partial charge >= 0.3 is 0 Å². The lowest BCUT2D eigenvalue weighted by Crippen LogP contribution is -2.50. The van der Waals surface area contributed by atoms with Crippen LogP contribution in [0, 0.1) is 5.92 Å². The fourth-order valence-corrected chi connectivity index (χ4v) is 2.48. The van der Waals surface area contributed by atoms with Gasteiger partial charge in [0.05, 0.1) is 6.54 Å². The summed E-state index contributed by atoms with van der Waals surface area (Å²) in [7, 11) is 0. The molecule has 3 N–H and O–H groups in total. The summed E-state index contributed by atoms with van der Waals surface area (Å²) in [5, 5.41) is 3.28. The van der Waals surface area contributed by atoms with E-state index in [4.69, 9.17) is 17.3 Å². The second-order valence-electron chi connectivity index (χ2n) is 5.87. The zero-order valence-electron chi connectivity index (χ0n) is 13.0. The molecule has 2 heterocycles. The summed E-state index contributed by atoms with van der Waals surface area (Å²) < 4.78 is 0. The molecular weight excluding hydrogens is 304 g/mol. The van der Waals surface area contributed by atoms with E-state index in [2.05, 4.69) is 38.9 Å². The Balaban J connectivity index is 1.81. The molecule has 8 heteroatoms. The summed E-state index contributed by atoms with van der Waals surface area (Å²) in [5.41, 5.74) is 5.62. The van der Waals surface area contributed by atoms with Crippen LogP contribution in [0.25, 0.3) is 0 Å². The van der Waals surface area contributed by atoms with Crippen molar-refractivity contribution in [3.63, 3.8) is 0 Å². The van der Waals surface area contributed by atoms with Gasteiger partial charge in [0.15, 0.2) is 0 Å². The number of anilines is 2. The summed E-state index contributed by atoms with van der Waals surface area (Å²) in [6.07, 6.45) is 0. The summed E-state index contributed by atoms with van der Waals surface area (Å²) >= 11 is 5.91. The first-order valence-corrected chi connectivity index (χ1v) is 7.86. The number of piperazine rings is 1. The first-order chi connectivity index (χ1) is 10.4. The predicted octanol–water partition coefficient (Wildman–Crippen LogP) is 0.606. The van der Waals surface area contributed by atoms with Gasteiger partial charge in [-0.1, -0.05) is 25.4 Å². The second-order valence-corrected chi connectivity index (χ2v) is 6.26. The van der Waals surface area contributed by atoms with Gasteiger partial charge in [0, 0.05) is 38.8 Å². The van der Waals surface area contributed by atoms with Crippen molar-refractivity contribution in [3.05, 3.63) is 11.2 Å². The molecule has 0 bridgehead atoms. The van der Waals surface area contributed by atoms with E-state index in [1.54, 1.807) is 6.07 Å². The van der Waals surface area contributed by atoms with Gasteiger partial charge in [0.1, 0.15) is 11.0 Å². The molecular formula is C14H23ClN6O. The van der Waals surface area contributed by atoms with Gasteiger partial charge in [-0.2, -0.15) is 4.98 Å². The number of aromatic nitrogens is 2. The highest BCUT2D eigenvalue weighted by Gasteiger charge is 2.20. The molecule has 0 atom stereocenters. The molecule has 0 spiro atoms. The number of carbonyl (C=O) groups is 1. The summed E-state index contributed by atoms with van der Waals surface area (Å²) in [5.74, 6) is 1.46. The lowest BCUT2D eigenvalue weighted by Gasteiger charge is -2.35. The number of hydrogen-bond donors (Lipinski definition) is 2. The number of nitrogens with one attached hydrogen (secondary N) is 1. The van der Waals surface area contributed by atoms with Gasteiger partial charge in [0.2, 0.25) is 11.9 Å². The molecule has 2 rings (SSSR count). The van der Waals surface area contributed by atoms with E-state index in [1.165, 1.54) is 0 Å². The molecule has 7 nitrogen and oxygen atoms in total. The Morgan fingerprint density at radius 2 is 2.05 bits per heavy atom. The number of halogens is 1. The molecule has 1 aromatic rings. The zero-order chi connectivity index (χ0) is 16.1. The average Bonchev–Trinajstić information content (AvgIpc) is 2.45. The van der Waals surface area contributed by atoms with Gasteiger partial charge in [-0.3, -0.25) is 9.69 Å². The molecule has 1 aromatic heterocycles. The molecule has 1 amide bonds. The topological polar surface area (TPSA) is 87.4 Å². The van der Waals surface area contributed by atoms with Crippen molar-refractivity contribution in [1.29, 1.82) is 0 Å². The summed E-state index contributed by atoms with van der Waals surface area (Å²) in [6.45, 7) is 8.49. The summed E-state index contributed by atoms with van der Waals surface area (Å²) in [6, 6.07) is 1.71. The maximum atomic E-state index is 11.8. The Hall–Kier alpha value is -1.60. The third-order valence-electron chi connectivity index (χ3n) is 3.47. The predicted molar refractivity (Wildman–Crippen MR) is 88.0 cm³/mol. The Bertz CT molecular complexity index is 496. The number of nitrogens with zero attached hydrogens (tertiary/aromatic N) is 4. The van der Waals surface area contributed by atoms with E-state index in [-0.39, 0.29) is 11.9 Å². The fraction of sp³-hybridized carbons (Fsp3) is 0.643. The Labute approximate surface area is 135 Å². The van der Waals surface area contributed by atoms with Crippen LogP contribution in [0.1, 0.15) is 13.8 Å². The van der Waals surface area contributed by atoms with Crippen molar-refractivity contribution < 1.29 is 4.79 Å². The fourth-order valence-electron chi connectivity index (χ4n) is 2.30. The van der Waals surface area contributed by atoms with Crippen molar-refractivity contribution >= 4 is 29.3 Å². The number of amides is 1. The number of hydrogen-bond acceptors (Lipinski definition) is 6. The highest BCUT2D eigenvalue weighted by molar-refractivity contribution is 6.29. The van der Waals surface area contributed by atoms with Crippen LogP contribution in [0.15, 0.2) is 6.07 Å². The zero-order valence-corrected chi connectivity index (χ0v) is 13.8. The monoisotopic (exact) mass is 326 g/mol. The highest BCUT2D eigenvalue weighted by atomic mass is 35.5. The molecule has 0 aliphatic carbocycles. The van der Waals surface area contributed by atoms with Crippen LogP contribution < -0.4 is 16.0 Å². The Morgan fingerprint density at radius 3 is 2.64 bits per heavy atom. The molecule has 0 radical (unpaired) electrons. The van der Waals surface area contributed by atoms with E-state index in [0.29, 0.717) is 17.6 Å². The van der Waals surface area contributed by atoms with Crippen molar-refractivity contribution in [2.45, 2.75) is 13.8 Å². The minimum Gasteiger partial charge on any atom is -0.368 e. The smallest absolute Gasteiger partial charge is 0.234 e. The lowest BCUT2D eigenvalue weighted by molar-refractivity contribution is -0.122. The number of carbonyl (C=O) groups excluding carboxylic acids is 1. The number of nitrogens with two attached hydrogens (primary N) is 1. The number of rotatable bonds is 5. The van der Waals surface area contributed by atoms with Gasteiger partial charge in [-0.05, 0) is 5.92 Å². The Morgan fingerprint density at radius 1 is 1.36 bits per heavy atom. The van der Waals surface area contributed by atoms with Crippen molar-refractivity contribution in [2.24, 2.45) is 5.92 Å². The molecule has 1 aliphatic rings. The van der Waals surface area contributed by atoms with Crippen molar-refractivity contribution in [3.8, 4) is 0 Å². The average molecular weight is 327 g/mol. The van der Waals surface area contributed by atoms with E-state index in [9.17, 15) is 4.79 Å². The van der Waals surface area contributed by atoms with E-state index in [1.807, 2.05) is 0 Å². The molecule has 0 unspecified atom stereocenters. The van der Waals surface area contributed by atoms with E-state index in [0.717, 1.165) is 38.5 Å². The molecule has 0 saturated carbocycles. The Kier molecular flexibility index (Phi) is 5.79.